The van der Waals surface area contributed by atoms with E-state index in [9.17, 15) is 9.59 Å². The standard InChI is InChI=1S/C28H25N3O3/c1-19-13-15-20(16-14-19)26-25-12-7-17-30(25)24-11-6-3-8-21(24)18-31(26)28(33)29-23-10-5-4-9-22(23)27(32)34-2/h3-17,26H,18H2,1-2H3,(H,29,33)/t26-/m1/s1. The highest BCUT2D eigenvalue weighted by Gasteiger charge is 2.33. The molecule has 1 aliphatic rings. The monoisotopic (exact) mass is 451 g/mol. The summed E-state index contributed by atoms with van der Waals surface area (Å²) in [6.45, 7) is 2.45. The number of anilines is 1. The van der Waals surface area contributed by atoms with Gasteiger partial charge in [-0.2, -0.15) is 0 Å². The number of esters is 1. The van der Waals surface area contributed by atoms with Crippen molar-refractivity contribution in [2.75, 3.05) is 12.4 Å². The smallest absolute Gasteiger partial charge is 0.339 e. The lowest BCUT2D eigenvalue weighted by Crippen LogP contribution is -2.38. The predicted molar refractivity (Wildman–Crippen MR) is 131 cm³/mol. The van der Waals surface area contributed by atoms with Crippen LogP contribution >= 0.6 is 0 Å². The zero-order valence-corrected chi connectivity index (χ0v) is 19.1. The fraction of sp³-hybridized carbons (Fsp3) is 0.143. The van der Waals surface area contributed by atoms with Gasteiger partial charge in [-0.1, -0.05) is 60.2 Å². The second kappa shape index (κ2) is 8.90. The van der Waals surface area contributed by atoms with Crippen molar-refractivity contribution in [3.63, 3.8) is 0 Å². The van der Waals surface area contributed by atoms with Gasteiger partial charge in [-0.05, 0) is 48.4 Å². The van der Waals surface area contributed by atoms with Gasteiger partial charge in [0, 0.05) is 11.9 Å². The second-order valence-electron chi connectivity index (χ2n) is 8.34. The van der Waals surface area contributed by atoms with E-state index in [2.05, 4.69) is 46.3 Å². The Bertz CT molecular complexity index is 1360. The molecule has 0 aliphatic carbocycles. The van der Waals surface area contributed by atoms with Gasteiger partial charge in [-0.25, -0.2) is 9.59 Å². The molecule has 0 fully saturated rings. The lowest BCUT2D eigenvalue weighted by molar-refractivity contribution is 0.0602. The molecule has 6 nitrogen and oxygen atoms in total. The van der Waals surface area contributed by atoms with Gasteiger partial charge in [0.15, 0.2) is 0 Å². The van der Waals surface area contributed by atoms with Gasteiger partial charge in [0.25, 0.3) is 0 Å². The number of nitrogens with one attached hydrogen (secondary N) is 1. The maximum atomic E-state index is 13.8. The highest BCUT2D eigenvalue weighted by atomic mass is 16.5. The number of hydrogen-bond donors (Lipinski definition) is 1. The third-order valence-corrected chi connectivity index (χ3v) is 6.19. The number of methoxy groups -OCH3 is 1. The van der Waals surface area contributed by atoms with Crippen LogP contribution in [0.15, 0.2) is 91.1 Å². The fourth-order valence-electron chi connectivity index (χ4n) is 4.51. The average molecular weight is 452 g/mol. The SMILES string of the molecule is COC(=O)c1ccccc1NC(=O)N1Cc2ccccc2-n2cccc2[C@H]1c1ccc(C)cc1. The van der Waals surface area contributed by atoms with Crippen LogP contribution in [-0.2, 0) is 11.3 Å². The summed E-state index contributed by atoms with van der Waals surface area (Å²) in [7, 11) is 1.33. The average Bonchev–Trinajstić information content (AvgIpc) is 3.29. The van der Waals surface area contributed by atoms with Gasteiger partial charge < -0.3 is 19.5 Å². The molecule has 0 radical (unpaired) electrons. The number of ether oxygens (including phenoxy) is 1. The second-order valence-corrected chi connectivity index (χ2v) is 8.34. The van der Waals surface area contributed by atoms with Gasteiger partial charge in [0.2, 0.25) is 0 Å². The zero-order valence-electron chi connectivity index (χ0n) is 19.1. The molecule has 4 aromatic rings. The Kier molecular flexibility index (Phi) is 5.64. The van der Waals surface area contributed by atoms with Crippen LogP contribution in [0, 0.1) is 6.92 Å². The van der Waals surface area contributed by atoms with Crippen LogP contribution in [0.4, 0.5) is 10.5 Å². The van der Waals surface area contributed by atoms with Gasteiger partial charge in [0.1, 0.15) is 0 Å². The van der Waals surface area contributed by atoms with Crippen molar-refractivity contribution >= 4 is 17.7 Å². The van der Waals surface area contributed by atoms with Crippen molar-refractivity contribution in [1.82, 2.24) is 9.47 Å². The summed E-state index contributed by atoms with van der Waals surface area (Å²) in [6, 6.07) is 26.6. The number of urea groups is 1. The van der Waals surface area contributed by atoms with Crippen LogP contribution in [0.25, 0.3) is 5.69 Å². The van der Waals surface area contributed by atoms with E-state index in [1.807, 2.05) is 42.3 Å². The van der Waals surface area contributed by atoms with E-state index in [1.165, 1.54) is 7.11 Å². The Morgan fingerprint density at radius 1 is 0.912 bits per heavy atom. The largest absolute Gasteiger partial charge is 0.465 e. The molecule has 5 rings (SSSR count). The first kappa shape index (κ1) is 21.5. The molecule has 2 heterocycles. The summed E-state index contributed by atoms with van der Waals surface area (Å²) < 4.78 is 7.05. The van der Waals surface area contributed by atoms with Crippen molar-refractivity contribution in [2.45, 2.75) is 19.5 Å². The summed E-state index contributed by atoms with van der Waals surface area (Å²) in [5.74, 6) is -0.499. The normalized spacial score (nSPS) is 14.5. The van der Waals surface area contributed by atoms with Gasteiger partial charge in [-0.3, -0.25) is 0 Å². The third kappa shape index (κ3) is 3.83. The number of aromatic nitrogens is 1. The molecule has 1 aliphatic heterocycles. The number of amides is 2. The fourth-order valence-corrected chi connectivity index (χ4v) is 4.51. The Morgan fingerprint density at radius 3 is 2.44 bits per heavy atom. The van der Waals surface area contributed by atoms with E-state index >= 15 is 0 Å². The third-order valence-electron chi connectivity index (χ3n) is 6.19. The summed E-state index contributed by atoms with van der Waals surface area (Å²) >= 11 is 0. The Balaban J connectivity index is 1.61. The van der Waals surface area contributed by atoms with Crippen molar-refractivity contribution < 1.29 is 14.3 Å². The van der Waals surface area contributed by atoms with Crippen molar-refractivity contribution in [3.8, 4) is 5.69 Å². The first-order chi connectivity index (χ1) is 16.6. The molecule has 2 amide bonds. The maximum Gasteiger partial charge on any atom is 0.339 e. The molecular weight excluding hydrogens is 426 g/mol. The van der Waals surface area contributed by atoms with E-state index < -0.39 is 5.97 Å². The van der Waals surface area contributed by atoms with E-state index in [4.69, 9.17) is 4.74 Å². The van der Waals surface area contributed by atoms with E-state index in [0.29, 0.717) is 17.8 Å². The minimum absolute atomic E-state index is 0.300. The molecule has 34 heavy (non-hydrogen) atoms. The molecule has 170 valence electrons. The van der Waals surface area contributed by atoms with E-state index in [-0.39, 0.29) is 12.1 Å². The summed E-state index contributed by atoms with van der Waals surface area (Å²) in [5.41, 5.74) is 5.95. The number of carbonyl (C=O) groups is 2. The first-order valence-electron chi connectivity index (χ1n) is 11.1. The van der Waals surface area contributed by atoms with Crippen molar-refractivity contribution in [1.29, 1.82) is 0 Å². The highest BCUT2D eigenvalue weighted by molar-refractivity contribution is 6.01. The molecule has 3 aromatic carbocycles. The number of nitrogens with zero attached hydrogens (tertiary/aromatic N) is 2. The Labute approximate surface area is 198 Å². The predicted octanol–water partition coefficient (Wildman–Crippen LogP) is 5.71. The van der Waals surface area contributed by atoms with Crippen LogP contribution in [-0.4, -0.2) is 28.6 Å². The topological polar surface area (TPSA) is 63.6 Å². The number of hydrogen-bond acceptors (Lipinski definition) is 3. The molecule has 0 unspecified atom stereocenters. The Hall–Kier alpha value is -4.32. The molecule has 1 atom stereocenters. The number of aryl methyl sites for hydroxylation is 1. The highest BCUT2D eigenvalue weighted by Crippen LogP contribution is 2.37. The first-order valence-corrected chi connectivity index (χ1v) is 11.1. The molecule has 0 spiro atoms. The van der Waals surface area contributed by atoms with Crippen LogP contribution in [0.2, 0.25) is 0 Å². The van der Waals surface area contributed by atoms with E-state index in [1.54, 1.807) is 24.3 Å². The van der Waals surface area contributed by atoms with Crippen LogP contribution in [0.3, 0.4) is 0 Å². The molecule has 0 saturated carbocycles. The number of rotatable bonds is 3. The van der Waals surface area contributed by atoms with Crippen molar-refractivity contribution in [3.05, 3.63) is 119 Å². The van der Waals surface area contributed by atoms with Crippen LogP contribution in [0.1, 0.15) is 38.8 Å². The maximum absolute atomic E-state index is 13.8. The minimum atomic E-state index is -0.499. The summed E-state index contributed by atoms with van der Waals surface area (Å²) in [4.78, 5) is 27.9. The van der Waals surface area contributed by atoms with Crippen LogP contribution in [0.5, 0.6) is 0 Å². The minimum Gasteiger partial charge on any atom is -0.465 e. The summed E-state index contributed by atoms with van der Waals surface area (Å²) in [6.07, 6.45) is 2.03. The number of benzene rings is 3. The molecule has 1 aromatic heterocycles. The number of carbonyl (C=O) groups excluding carboxylic acids is 2. The quantitative estimate of drug-likeness (QED) is 0.406. The van der Waals surface area contributed by atoms with Gasteiger partial charge in [0.05, 0.1) is 36.6 Å². The van der Waals surface area contributed by atoms with Gasteiger partial charge >= 0.3 is 12.0 Å². The number of para-hydroxylation sites is 2. The lowest BCUT2D eigenvalue weighted by atomic mass is 10.0. The zero-order chi connectivity index (χ0) is 23.7. The molecular formula is C28H25N3O3. The molecule has 6 heteroatoms. The molecule has 0 saturated heterocycles. The van der Waals surface area contributed by atoms with Gasteiger partial charge in [-0.15, -0.1) is 0 Å². The Morgan fingerprint density at radius 2 is 1.65 bits per heavy atom. The van der Waals surface area contributed by atoms with E-state index in [0.717, 1.165) is 28.1 Å². The molecule has 1 N–H and O–H groups in total. The lowest BCUT2D eigenvalue weighted by Gasteiger charge is -2.31. The summed E-state index contributed by atoms with van der Waals surface area (Å²) in [5, 5.41) is 2.97. The van der Waals surface area contributed by atoms with Crippen LogP contribution < -0.4 is 5.32 Å². The molecule has 0 bridgehead atoms. The van der Waals surface area contributed by atoms with Crippen molar-refractivity contribution in [2.24, 2.45) is 0 Å². The number of fused-ring (bicyclic) bond motifs is 3.